The second kappa shape index (κ2) is 9.56. The van der Waals surface area contributed by atoms with Gasteiger partial charge < -0.3 is 10.7 Å². The molecule has 3 aromatic rings. The normalized spacial score (nSPS) is 17.6. The summed E-state index contributed by atoms with van der Waals surface area (Å²) in [5, 5.41) is 12.1. The molecule has 0 aliphatic carbocycles. The van der Waals surface area contributed by atoms with Crippen LogP contribution in [0.2, 0.25) is 0 Å². The van der Waals surface area contributed by atoms with Crippen LogP contribution in [0.25, 0.3) is 0 Å². The van der Waals surface area contributed by atoms with Crippen molar-refractivity contribution in [2.75, 3.05) is 10.7 Å². The molecule has 0 fully saturated rings. The first-order valence-corrected chi connectivity index (χ1v) is 11.9. The Labute approximate surface area is 187 Å². The maximum Gasteiger partial charge on any atom is 0.240 e. The molecule has 7 heteroatoms. The van der Waals surface area contributed by atoms with E-state index < -0.39 is 0 Å². The number of benzene rings is 2. The minimum atomic E-state index is -0.371. The van der Waals surface area contributed by atoms with E-state index in [-0.39, 0.29) is 17.2 Å². The van der Waals surface area contributed by atoms with Gasteiger partial charge in [0.1, 0.15) is 5.25 Å². The van der Waals surface area contributed by atoms with E-state index in [2.05, 4.69) is 78.1 Å². The third-order valence-electron chi connectivity index (χ3n) is 5.61. The molecule has 0 saturated heterocycles. The van der Waals surface area contributed by atoms with Gasteiger partial charge in [-0.05, 0) is 48.1 Å². The van der Waals surface area contributed by atoms with Crippen molar-refractivity contribution in [3.8, 4) is 0 Å². The zero-order valence-electron chi connectivity index (χ0n) is 18.3. The summed E-state index contributed by atoms with van der Waals surface area (Å²) in [5.74, 6) is 0.854. The fraction of sp³-hybridized carbons (Fsp3) is 0.375. The van der Waals surface area contributed by atoms with Gasteiger partial charge in [-0.2, -0.15) is 0 Å². The first kappa shape index (κ1) is 21.4. The number of aryl methyl sites for hydroxylation is 3. The van der Waals surface area contributed by atoms with Crippen LogP contribution in [-0.2, 0) is 24.1 Å². The second-order valence-electron chi connectivity index (χ2n) is 7.76. The van der Waals surface area contributed by atoms with E-state index in [1.54, 1.807) is 0 Å². The lowest BCUT2D eigenvalue weighted by atomic mass is 10.0. The van der Waals surface area contributed by atoms with Gasteiger partial charge in [-0.3, -0.25) is 4.79 Å². The van der Waals surface area contributed by atoms with Gasteiger partial charge in [-0.15, -0.1) is 10.2 Å². The predicted molar refractivity (Wildman–Crippen MR) is 126 cm³/mol. The summed E-state index contributed by atoms with van der Waals surface area (Å²) >= 11 is 1.47. The molecule has 162 valence electrons. The van der Waals surface area contributed by atoms with Crippen LogP contribution < -0.4 is 10.7 Å². The zero-order valence-corrected chi connectivity index (χ0v) is 19.1. The molecule has 31 heavy (non-hydrogen) atoms. The smallest absolute Gasteiger partial charge is 0.240 e. The van der Waals surface area contributed by atoms with Crippen molar-refractivity contribution in [2.24, 2.45) is 0 Å². The molecule has 1 aliphatic rings. The Kier molecular flexibility index (Phi) is 6.61. The summed E-state index contributed by atoms with van der Waals surface area (Å²) in [6.07, 6.45) is 3.78. The van der Waals surface area contributed by atoms with Crippen molar-refractivity contribution in [3.05, 3.63) is 71.0 Å². The molecule has 1 amide bonds. The fourth-order valence-electron chi connectivity index (χ4n) is 3.73. The SMILES string of the molecule is CCCc1nnc2n1N[C@H](c1ccc(CC)cc1)[C@H](C(=O)Nc1ccc(CC)cc1)S2. The predicted octanol–water partition coefficient (Wildman–Crippen LogP) is 4.75. The summed E-state index contributed by atoms with van der Waals surface area (Å²) < 4.78 is 1.95. The van der Waals surface area contributed by atoms with Crippen molar-refractivity contribution in [1.29, 1.82) is 0 Å². The Morgan fingerprint density at radius 2 is 1.65 bits per heavy atom. The molecule has 0 saturated carbocycles. The van der Waals surface area contributed by atoms with Crippen molar-refractivity contribution in [2.45, 2.75) is 62.9 Å². The van der Waals surface area contributed by atoms with E-state index in [4.69, 9.17) is 0 Å². The molecular weight excluding hydrogens is 406 g/mol. The number of carbonyl (C=O) groups excluding carboxylic acids is 1. The van der Waals surface area contributed by atoms with Crippen LogP contribution in [0.3, 0.4) is 0 Å². The van der Waals surface area contributed by atoms with Crippen molar-refractivity contribution in [1.82, 2.24) is 14.9 Å². The van der Waals surface area contributed by atoms with Gasteiger partial charge in [0.2, 0.25) is 11.1 Å². The minimum absolute atomic E-state index is 0.0439. The summed E-state index contributed by atoms with van der Waals surface area (Å²) in [7, 11) is 0. The molecule has 0 unspecified atom stereocenters. The highest BCUT2D eigenvalue weighted by atomic mass is 32.2. The van der Waals surface area contributed by atoms with E-state index in [0.29, 0.717) is 0 Å². The number of carbonyl (C=O) groups is 1. The van der Waals surface area contributed by atoms with E-state index in [1.165, 1.54) is 22.9 Å². The lowest BCUT2D eigenvalue weighted by Crippen LogP contribution is -2.41. The number of thioether (sulfide) groups is 1. The maximum absolute atomic E-state index is 13.3. The molecule has 1 aromatic heterocycles. The lowest BCUT2D eigenvalue weighted by Gasteiger charge is -2.33. The molecule has 2 aromatic carbocycles. The van der Waals surface area contributed by atoms with Crippen molar-refractivity contribution < 1.29 is 4.79 Å². The largest absolute Gasteiger partial charge is 0.325 e. The number of rotatable bonds is 7. The second-order valence-corrected chi connectivity index (χ2v) is 8.87. The van der Waals surface area contributed by atoms with E-state index in [0.717, 1.165) is 47.9 Å². The maximum atomic E-state index is 13.3. The number of hydrogen-bond acceptors (Lipinski definition) is 5. The molecule has 4 rings (SSSR count). The van der Waals surface area contributed by atoms with Gasteiger partial charge >= 0.3 is 0 Å². The third-order valence-corrected chi connectivity index (χ3v) is 6.83. The molecule has 1 aliphatic heterocycles. The van der Waals surface area contributed by atoms with Crippen LogP contribution in [0.15, 0.2) is 53.7 Å². The highest BCUT2D eigenvalue weighted by molar-refractivity contribution is 8.00. The highest BCUT2D eigenvalue weighted by Crippen LogP contribution is 2.37. The van der Waals surface area contributed by atoms with Gasteiger partial charge in [-0.25, -0.2) is 4.68 Å². The van der Waals surface area contributed by atoms with Crippen LogP contribution in [-0.4, -0.2) is 26.0 Å². The average molecular weight is 436 g/mol. The van der Waals surface area contributed by atoms with Crippen LogP contribution >= 0.6 is 11.8 Å². The van der Waals surface area contributed by atoms with Gasteiger partial charge in [0.25, 0.3) is 0 Å². The number of nitrogens with zero attached hydrogens (tertiary/aromatic N) is 3. The van der Waals surface area contributed by atoms with Gasteiger partial charge in [0.15, 0.2) is 5.82 Å². The Balaban J connectivity index is 1.63. The fourth-order valence-corrected chi connectivity index (χ4v) is 4.83. The monoisotopic (exact) mass is 435 g/mol. The Bertz CT molecular complexity index is 1030. The Hall–Kier alpha value is -2.80. The molecular formula is C24H29N5OS. The van der Waals surface area contributed by atoms with Crippen LogP contribution in [0.5, 0.6) is 0 Å². The highest BCUT2D eigenvalue weighted by Gasteiger charge is 2.37. The number of anilines is 1. The summed E-state index contributed by atoms with van der Waals surface area (Å²) in [6.45, 7) is 6.39. The first-order valence-electron chi connectivity index (χ1n) is 11.0. The summed E-state index contributed by atoms with van der Waals surface area (Å²) in [6, 6.07) is 16.3. The molecule has 2 heterocycles. The molecule has 0 radical (unpaired) electrons. The number of aromatic nitrogens is 3. The molecule has 0 spiro atoms. The third kappa shape index (κ3) is 4.61. The first-order chi connectivity index (χ1) is 15.1. The average Bonchev–Trinajstić information content (AvgIpc) is 3.21. The van der Waals surface area contributed by atoms with Crippen molar-refractivity contribution >= 4 is 23.4 Å². The van der Waals surface area contributed by atoms with Crippen LogP contribution in [0.1, 0.15) is 55.7 Å². The van der Waals surface area contributed by atoms with E-state index >= 15 is 0 Å². The molecule has 6 nitrogen and oxygen atoms in total. The zero-order chi connectivity index (χ0) is 21.8. The van der Waals surface area contributed by atoms with E-state index in [1.807, 2.05) is 16.8 Å². The van der Waals surface area contributed by atoms with Crippen LogP contribution in [0.4, 0.5) is 5.69 Å². The molecule has 0 bridgehead atoms. The van der Waals surface area contributed by atoms with Crippen molar-refractivity contribution in [3.63, 3.8) is 0 Å². The summed E-state index contributed by atoms with van der Waals surface area (Å²) in [5.41, 5.74) is 7.94. The van der Waals surface area contributed by atoms with Crippen LogP contribution in [0, 0.1) is 0 Å². The van der Waals surface area contributed by atoms with E-state index in [9.17, 15) is 4.79 Å². The summed E-state index contributed by atoms with van der Waals surface area (Å²) in [4.78, 5) is 13.3. The standard InChI is InChI=1S/C24H29N5OS/c1-4-7-20-26-27-24-29(20)28-21(18-12-8-16(5-2)9-13-18)22(31-24)23(30)25-19-14-10-17(6-3)11-15-19/h8-15,21-22,28H,4-7H2,1-3H3,(H,25,30)/t21-,22-/m1/s1. The molecule has 2 atom stereocenters. The van der Waals surface area contributed by atoms with Gasteiger partial charge in [0.05, 0.1) is 6.04 Å². The van der Waals surface area contributed by atoms with Gasteiger partial charge in [0, 0.05) is 12.1 Å². The number of hydrogen-bond donors (Lipinski definition) is 2. The van der Waals surface area contributed by atoms with Gasteiger partial charge in [-0.1, -0.05) is 68.9 Å². The minimum Gasteiger partial charge on any atom is -0.325 e. The number of amides is 1. The lowest BCUT2D eigenvalue weighted by molar-refractivity contribution is -0.116. The topological polar surface area (TPSA) is 71.8 Å². The number of nitrogens with one attached hydrogen (secondary N) is 2. The Morgan fingerprint density at radius 1 is 1.00 bits per heavy atom. The molecule has 2 N–H and O–H groups in total. The number of fused-ring (bicyclic) bond motifs is 1. The Morgan fingerprint density at radius 3 is 2.26 bits per heavy atom. The quantitative estimate of drug-likeness (QED) is 0.560.